The molecule has 6 heteroatoms. The highest BCUT2D eigenvalue weighted by molar-refractivity contribution is 5.82. The fourth-order valence-electron chi connectivity index (χ4n) is 3.84. The molecule has 2 aliphatic rings. The predicted molar refractivity (Wildman–Crippen MR) is 107 cm³/mol. The lowest BCUT2D eigenvalue weighted by molar-refractivity contribution is -0.145. The van der Waals surface area contributed by atoms with Crippen LogP contribution in [0.4, 0.5) is 0 Å². The maximum absolute atomic E-state index is 13.0. The highest BCUT2D eigenvalue weighted by atomic mass is 16.6. The van der Waals surface area contributed by atoms with E-state index >= 15 is 0 Å². The van der Waals surface area contributed by atoms with Gasteiger partial charge in [-0.3, -0.25) is 9.59 Å². The lowest BCUT2D eigenvalue weighted by atomic mass is 9.90. The SMILES string of the molecule is CCN(CC1COc2ccccc2O1)C(=O)C1CCN(C(=O)C(C)(C)C)CC1. The fraction of sp³-hybridized carbons (Fsp3) is 0.636. The van der Waals surface area contributed by atoms with Crippen molar-refractivity contribution in [1.82, 2.24) is 9.80 Å². The molecule has 0 spiro atoms. The number of fused-ring (bicyclic) bond motifs is 1. The van der Waals surface area contributed by atoms with E-state index in [1.807, 2.05) is 61.8 Å². The summed E-state index contributed by atoms with van der Waals surface area (Å²) in [5.41, 5.74) is -0.374. The van der Waals surface area contributed by atoms with E-state index in [-0.39, 0.29) is 29.3 Å². The van der Waals surface area contributed by atoms with E-state index in [0.717, 1.165) is 24.3 Å². The molecule has 2 amide bonds. The zero-order chi connectivity index (χ0) is 20.3. The van der Waals surface area contributed by atoms with Crippen LogP contribution >= 0.6 is 0 Å². The number of amides is 2. The van der Waals surface area contributed by atoms with E-state index in [4.69, 9.17) is 9.47 Å². The molecule has 0 aliphatic carbocycles. The molecule has 28 heavy (non-hydrogen) atoms. The van der Waals surface area contributed by atoms with Gasteiger partial charge in [-0.05, 0) is 31.9 Å². The Labute approximate surface area is 167 Å². The van der Waals surface area contributed by atoms with Gasteiger partial charge in [-0.15, -0.1) is 0 Å². The number of benzene rings is 1. The topological polar surface area (TPSA) is 59.1 Å². The number of likely N-dealkylation sites (tertiary alicyclic amines) is 1. The average Bonchev–Trinajstić information content (AvgIpc) is 2.70. The monoisotopic (exact) mass is 388 g/mol. The molecule has 6 nitrogen and oxygen atoms in total. The van der Waals surface area contributed by atoms with Crippen molar-refractivity contribution in [3.05, 3.63) is 24.3 Å². The lowest BCUT2D eigenvalue weighted by Gasteiger charge is -2.37. The van der Waals surface area contributed by atoms with Gasteiger partial charge in [0.2, 0.25) is 11.8 Å². The second kappa shape index (κ2) is 8.41. The second-order valence-corrected chi connectivity index (χ2v) is 8.69. The quantitative estimate of drug-likeness (QED) is 0.796. The molecule has 3 rings (SSSR count). The third kappa shape index (κ3) is 4.59. The molecule has 1 aromatic carbocycles. The summed E-state index contributed by atoms with van der Waals surface area (Å²) in [6, 6.07) is 7.61. The van der Waals surface area contributed by atoms with Crippen LogP contribution in [0.5, 0.6) is 11.5 Å². The van der Waals surface area contributed by atoms with E-state index in [9.17, 15) is 9.59 Å². The summed E-state index contributed by atoms with van der Waals surface area (Å²) in [6.07, 6.45) is 1.28. The first kappa shape index (κ1) is 20.5. The number of likely N-dealkylation sites (N-methyl/N-ethyl adjacent to an activating group) is 1. The van der Waals surface area contributed by atoms with Crippen LogP contribution in [0.2, 0.25) is 0 Å². The predicted octanol–water partition coefficient (Wildman–Crippen LogP) is 2.96. The van der Waals surface area contributed by atoms with Gasteiger partial charge in [0.1, 0.15) is 6.61 Å². The molecule has 0 aromatic heterocycles. The van der Waals surface area contributed by atoms with Crippen LogP contribution in [0.25, 0.3) is 0 Å². The second-order valence-electron chi connectivity index (χ2n) is 8.69. The largest absolute Gasteiger partial charge is 0.486 e. The Kier molecular flexibility index (Phi) is 6.16. The number of nitrogens with zero attached hydrogens (tertiary/aromatic N) is 2. The van der Waals surface area contributed by atoms with E-state index in [1.54, 1.807) is 0 Å². The summed E-state index contributed by atoms with van der Waals surface area (Å²) in [5.74, 6) is 1.78. The van der Waals surface area contributed by atoms with Crippen LogP contribution in [0.1, 0.15) is 40.5 Å². The Morgan fingerprint density at radius 1 is 1.14 bits per heavy atom. The molecule has 1 saturated heterocycles. The third-order valence-corrected chi connectivity index (χ3v) is 5.46. The third-order valence-electron chi connectivity index (χ3n) is 5.46. The normalized spacial score (nSPS) is 20.0. The van der Waals surface area contributed by atoms with Gasteiger partial charge in [0.15, 0.2) is 17.6 Å². The van der Waals surface area contributed by atoms with Crippen LogP contribution in [0.15, 0.2) is 24.3 Å². The molecule has 1 atom stereocenters. The van der Waals surface area contributed by atoms with Gasteiger partial charge in [0.05, 0.1) is 6.54 Å². The molecular formula is C22H32N2O4. The number of hydrogen-bond donors (Lipinski definition) is 0. The molecular weight excluding hydrogens is 356 g/mol. The Morgan fingerprint density at radius 2 is 1.79 bits per heavy atom. The molecule has 2 heterocycles. The summed E-state index contributed by atoms with van der Waals surface area (Å²) >= 11 is 0. The van der Waals surface area contributed by atoms with E-state index < -0.39 is 0 Å². The van der Waals surface area contributed by atoms with Crippen LogP contribution in [0.3, 0.4) is 0 Å². The van der Waals surface area contributed by atoms with Gasteiger partial charge in [-0.1, -0.05) is 32.9 Å². The molecule has 2 aliphatic heterocycles. The Bertz CT molecular complexity index is 705. The Hall–Kier alpha value is -2.24. The molecule has 0 N–H and O–H groups in total. The van der Waals surface area contributed by atoms with Crippen molar-refractivity contribution >= 4 is 11.8 Å². The molecule has 1 fully saturated rings. The summed E-state index contributed by atoms with van der Waals surface area (Å²) < 4.78 is 11.8. The smallest absolute Gasteiger partial charge is 0.227 e. The first-order chi connectivity index (χ1) is 13.3. The maximum atomic E-state index is 13.0. The molecule has 0 bridgehead atoms. The van der Waals surface area contributed by atoms with Crippen LogP contribution < -0.4 is 9.47 Å². The van der Waals surface area contributed by atoms with Crippen LogP contribution in [0, 0.1) is 11.3 Å². The first-order valence-electron chi connectivity index (χ1n) is 10.3. The van der Waals surface area contributed by atoms with E-state index in [1.165, 1.54) is 0 Å². The minimum absolute atomic E-state index is 0.0271. The number of carbonyl (C=O) groups excluding carboxylic acids is 2. The standard InChI is InChI=1S/C22H32N2O4/c1-5-23(14-17-15-27-18-8-6-7-9-19(18)28-17)20(25)16-10-12-24(13-11-16)21(26)22(2,3)4/h6-9,16-17H,5,10-15H2,1-4H3. The van der Waals surface area contributed by atoms with E-state index in [2.05, 4.69) is 0 Å². The van der Waals surface area contributed by atoms with Crippen molar-refractivity contribution in [1.29, 1.82) is 0 Å². The molecule has 0 radical (unpaired) electrons. The fourth-order valence-corrected chi connectivity index (χ4v) is 3.84. The lowest BCUT2D eigenvalue weighted by Crippen LogP contribution is -2.49. The van der Waals surface area contributed by atoms with Gasteiger partial charge in [-0.25, -0.2) is 0 Å². The average molecular weight is 389 g/mol. The zero-order valence-electron chi connectivity index (χ0n) is 17.4. The Balaban J connectivity index is 1.54. The summed E-state index contributed by atoms with van der Waals surface area (Å²) in [6.45, 7) is 10.7. The van der Waals surface area contributed by atoms with Crippen molar-refractivity contribution in [2.75, 3.05) is 32.8 Å². The number of carbonyl (C=O) groups is 2. The summed E-state index contributed by atoms with van der Waals surface area (Å²) in [4.78, 5) is 29.3. The van der Waals surface area contributed by atoms with Crippen molar-refractivity contribution in [2.24, 2.45) is 11.3 Å². The van der Waals surface area contributed by atoms with Crippen LogP contribution in [-0.4, -0.2) is 60.5 Å². The molecule has 0 saturated carbocycles. The molecule has 1 unspecified atom stereocenters. The molecule has 154 valence electrons. The van der Waals surface area contributed by atoms with Gasteiger partial charge < -0.3 is 19.3 Å². The number of piperidine rings is 1. The number of hydrogen-bond acceptors (Lipinski definition) is 4. The summed E-state index contributed by atoms with van der Waals surface area (Å²) in [5, 5.41) is 0. The molecule has 1 aromatic rings. The summed E-state index contributed by atoms with van der Waals surface area (Å²) in [7, 11) is 0. The highest BCUT2D eigenvalue weighted by Crippen LogP contribution is 2.31. The number of rotatable bonds is 4. The van der Waals surface area contributed by atoms with Crippen molar-refractivity contribution in [2.45, 2.75) is 46.6 Å². The van der Waals surface area contributed by atoms with Crippen molar-refractivity contribution < 1.29 is 19.1 Å². The van der Waals surface area contributed by atoms with Gasteiger partial charge in [0, 0.05) is 31.0 Å². The first-order valence-corrected chi connectivity index (χ1v) is 10.3. The minimum atomic E-state index is -0.374. The minimum Gasteiger partial charge on any atom is -0.486 e. The number of ether oxygens (including phenoxy) is 2. The van der Waals surface area contributed by atoms with Crippen molar-refractivity contribution in [3.8, 4) is 11.5 Å². The number of para-hydroxylation sites is 2. The van der Waals surface area contributed by atoms with Gasteiger partial charge in [-0.2, -0.15) is 0 Å². The maximum Gasteiger partial charge on any atom is 0.227 e. The van der Waals surface area contributed by atoms with E-state index in [0.29, 0.717) is 32.8 Å². The highest BCUT2D eigenvalue weighted by Gasteiger charge is 2.34. The Morgan fingerprint density at radius 3 is 2.39 bits per heavy atom. The zero-order valence-corrected chi connectivity index (χ0v) is 17.4. The van der Waals surface area contributed by atoms with Crippen LogP contribution in [-0.2, 0) is 9.59 Å². The van der Waals surface area contributed by atoms with Crippen molar-refractivity contribution in [3.63, 3.8) is 0 Å². The van der Waals surface area contributed by atoms with Gasteiger partial charge >= 0.3 is 0 Å². The van der Waals surface area contributed by atoms with Gasteiger partial charge in [0.25, 0.3) is 0 Å².